The number of nitrogens with zero attached hydrogens (tertiary/aromatic N) is 3. The third kappa shape index (κ3) is 4.05. The summed E-state index contributed by atoms with van der Waals surface area (Å²) >= 11 is 5.71. The van der Waals surface area contributed by atoms with Gasteiger partial charge >= 0.3 is 6.01 Å². The molecule has 0 bridgehead atoms. The van der Waals surface area contributed by atoms with Gasteiger partial charge in [0.1, 0.15) is 11.9 Å². The predicted octanol–water partition coefficient (Wildman–Crippen LogP) is 2.51. The minimum absolute atomic E-state index is 0.0479. The van der Waals surface area contributed by atoms with Crippen LogP contribution >= 0.6 is 11.6 Å². The predicted molar refractivity (Wildman–Crippen MR) is 92.4 cm³/mol. The molecule has 0 radical (unpaired) electrons. The highest BCUT2D eigenvalue weighted by atomic mass is 35.5. The van der Waals surface area contributed by atoms with E-state index in [-0.39, 0.29) is 28.6 Å². The Morgan fingerprint density at radius 3 is 2.88 bits per heavy atom. The Hall–Kier alpha value is -1.97. The summed E-state index contributed by atoms with van der Waals surface area (Å²) in [5, 5.41) is -0.232. The van der Waals surface area contributed by atoms with E-state index in [9.17, 15) is 12.8 Å². The van der Waals surface area contributed by atoms with E-state index in [0.29, 0.717) is 25.3 Å². The van der Waals surface area contributed by atoms with Gasteiger partial charge in [-0.1, -0.05) is 11.6 Å². The molecule has 26 heavy (non-hydrogen) atoms. The number of aromatic nitrogens is 2. The first-order valence-electron chi connectivity index (χ1n) is 7.89. The molecule has 1 aliphatic rings. The Balaban J connectivity index is 1.75. The first kappa shape index (κ1) is 18.8. The zero-order valence-corrected chi connectivity index (χ0v) is 15.5. The molecule has 1 aromatic heterocycles. The lowest BCUT2D eigenvalue weighted by Gasteiger charge is -2.31. The molecule has 1 aromatic carbocycles. The second kappa shape index (κ2) is 7.73. The Labute approximate surface area is 155 Å². The van der Waals surface area contributed by atoms with Gasteiger partial charge in [0.2, 0.25) is 15.9 Å². The molecule has 1 unspecified atom stereocenters. The molecule has 2 aromatic rings. The van der Waals surface area contributed by atoms with Crippen LogP contribution < -0.4 is 9.47 Å². The van der Waals surface area contributed by atoms with Gasteiger partial charge in [-0.3, -0.25) is 0 Å². The molecule has 0 saturated carbocycles. The van der Waals surface area contributed by atoms with E-state index in [2.05, 4.69) is 9.97 Å². The monoisotopic (exact) mass is 401 g/mol. The van der Waals surface area contributed by atoms with Gasteiger partial charge in [0.05, 0.1) is 23.6 Å². The van der Waals surface area contributed by atoms with Crippen molar-refractivity contribution in [1.29, 1.82) is 0 Å². The maximum Gasteiger partial charge on any atom is 0.319 e. The second-order valence-corrected chi connectivity index (χ2v) is 8.05. The number of rotatable bonds is 5. The van der Waals surface area contributed by atoms with Crippen molar-refractivity contribution in [3.63, 3.8) is 0 Å². The molecule has 1 saturated heterocycles. The quantitative estimate of drug-likeness (QED) is 0.765. The number of piperidine rings is 1. The highest BCUT2D eigenvalue weighted by Gasteiger charge is 2.31. The summed E-state index contributed by atoms with van der Waals surface area (Å²) in [5.41, 5.74) is 0. The largest absolute Gasteiger partial charge is 0.473 e. The maximum atomic E-state index is 13.3. The van der Waals surface area contributed by atoms with Crippen LogP contribution in [0.1, 0.15) is 12.8 Å². The van der Waals surface area contributed by atoms with E-state index in [4.69, 9.17) is 21.1 Å². The average molecular weight is 402 g/mol. The molecule has 1 aliphatic heterocycles. The molecular formula is C16H17ClFN3O4S. The average Bonchev–Trinajstić information content (AvgIpc) is 2.64. The lowest BCUT2D eigenvalue weighted by atomic mass is 10.1. The third-order valence-corrected chi connectivity index (χ3v) is 6.10. The summed E-state index contributed by atoms with van der Waals surface area (Å²) in [5.74, 6) is -0.353. The van der Waals surface area contributed by atoms with E-state index < -0.39 is 15.8 Å². The SMILES string of the molecule is COc1nccc(OC2CCCN(S(=O)(=O)c3ccc(F)c(Cl)c3)C2)n1. The molecule has 0 N–H and O–H groups in total. The van der Waals surface area contributed by atoms with Crippen molar-refractivity contribution in [3.8, 4) is 11.9 Å². The first-order valence-corrected chi connectivity index (χ1v) is 9.71. The molecule has 3 rings (SSSR count). The molecule has 1 atom stereocenters. The summed E-state index contributed by atoms with van der Waals surface area (Å²) in [6.07, 6.45) is 2.44. The molecule has 10 heteroatoms. The van der Waals surface area contributed by atoms with Crippen LogP contribution in [-0.2, 0) is 10.0 Å². The lowest BCUT2D eigenvalue weighted by molar-refractivity contribution is 0.123. The van der Waals surface area contributed by atoms with Gasteiger partial charge in [-0.05, 0) is 31.0 Å². The Morgan fingerprint density at radius 2 is 2.15 bits per heavy atom. The summed E-state index contributed by atoms with van der Waals surface area (Å²) in [4.78, 5) is 7.92. The van der Waals surface area contributed by atoms with Crippen molar-refractivity contribution in [1.82, 2.24) is 14.3 Å². The van der Waals surface area contributed by atoms with Crippen molar-refractivity contribution in [2.45, 2.75) is 23.8 Å². The highest BCUT2D eigenvalue weighted by Crippen LogP contribution is 2.26. The summed E-state index contributed by atoms with van der Waals surface area (Å²) in [7, 11) is -2.35. The summed E-state index contributed by atoms with van der Waals surface area (Å²) in [6, 6.07) is 5.11. The molecule has 1 fully saturated rings. The molecule has 2 heterocycles. The number of methoxy groups -OCH3 is 1. The van der Waals surface area contributed by atoms with Gasteiger partial charge in [-0.2, -0.15) is 9.29 Å². The molecule has 0 aliphatic carbocycles. The fourth-order valence-electron chi connectivity index (χ4n) is 2.67. The van der Waals surface area contributed by atoms with Crippen molar-refractivity contribution in [2.24, 2.45) is 0 Å². The first-order chi connectivity index (χ1) is 12.4. The van der Waals surface area contributed by atoms with Crippen LogP contribution in [0.4, 0.5) is 4.39 Å². The molecule has 0 spiro atoms. The van der Waals surface area contributed by atoms with E-state index in [1.165, 1.54) is 23.7 Å². The molecule has 7 nitrogen and oxygen atoms in total. The van der Waals surface area contributed by atoms with Gasteiger partial charge in [0.25, 0.3) is 0 Å². The van der Waals surface area contributed by atoms with Gasteiger partial charge in [0, 0.05) is 18.8 Å². The standard InChI is InChI=1S/C16H17ClFN3O4S/c1-24-16-19-7-6-15(20-16)25-11-3-2-8-21(10-11)26(22,23)12-4-5-14(18)13(17)9-12/h4-7,9,11H,2-3,8,10H2,1H3. The Kier molecular flexibility index (Phi) is 5.59. The zero-order chi connectivity index (χ0) is 18.7. The molecular weight excluding hydrogens is 385 g/mol. The number of sulfonamides is 1. The number of halogens is 2. The third-order valence-electron chi connectivity index (χ3n) is 3.95. The highest BCUT2D eigenvalue weighted by molar-refractivity contribution is 7.89. The lowest BCUT2D eigenvalue weighted by Crippen LogP contribution is -2.44. The topological polar surface area (TPSA) is 81.6 Å². The number of hydrogen-bond donors (Lipinski definition) is 0. The van der Waals surface area contributed by atoms with Crippen LogP contribution in [0.15, 0.2) is 35.4 Å². The number of ether oxygens (including phenoxy) is 2. The van der Waals surface area contributed by atoms with E-state index >= 15 is 0 Å². The number of hydrogen-bond acceptors (Lipinski definition) is 6. The van der Waals surface area contributed by atoms with E-state index in [1.54, 1.807) is 6.07 Å². The summed E-state index contributed by atoms with van der Waals surface area (Å²) in [6.45, 7) is 0.508. The molecule has 0 amide bonds. The van der Waals surface area contributed by atoms with Crippen LogP contribution in [-0.4, -0.2) is 49.0 Å². The minimum atomic E-state index is -3.79. The van der Waals surface area contributed by atoms with Crippen LogP contribution in [0.2, 0.25) is 5.02 Å². The van der Waals surface area contributed by atoms with Crippen LogP contribution in [0, 0.1) is 5.82 Å². The zero-order valence-electron chi connectivity index (χ0n) is 13.9. The summed E-state index contributed by atoms with van der Waals surface area (Å²) < 4.78 is 50.9. The molecule has 140 valence electrons. The van der Waals surface area contributed by atoms with Crippen molar-refractivity contribution in [3.05, 3.63) is 41.3 Å². The van der Waals surface area contributed by atoms with Gasteiger partial charge in [-0.15, -0.1) is 0 Å². The van der Waals surface area contributed by atoms with Gasteiger partial charge in [0.15, 0.2) is 0 Å². The second-order valence-electron chi connectivity index (χ2n) is 5.70. The Bertz CT molecular complexity index is 897. The van der Waals surface area contributed by atoms with E-state index in [0.717, 1.165) is 12.1 Å². The van der Waals surface area contributed by atoms with E-state index in [1.807, 2.05) is 0 Å². The van der Waals surface area contributed by atoms with Crippen LogP contribution in [0.25, 0.3) is 0 Å². The smallest absolute Gasteiger partial charge is 0.319 e. The van der Waals surface area contributed by atoms with Crippen molar-refractivity contribution < 1.29 is 22.3 Å². The van der Waals surface area contributed by atoms with Gasteiger partial charge < -0.3 is 9.47 Å². The minimum Gasteiger partial charge on any atom is -0.473 e. The van der Waals surface area contributed by atoms with Crippen LogP contribution in [0.5, 0.6) is 11.9 Å². The van der Waals surface area contributed by atoms with Crippen molar-refractivity contribution in [2.75, 3.05) is 20.2 Å². The van der Waals surface area contributed by atoms with Crippen molar-refractivity contribution >= 4 is 21.6 Å². The number of benzene rings is 1. The normalized spacial score (nSPS) is 18.5. The van der Waals surface area contributed by atoms with Gasteiger partial charge in [-0.25, -0.2) is 17.8 Å². The Morgan fingerprint density at radius 1 is 1.35 bits per heavy atom. The fraction of sp³-hybridized carbons (Fsp3) is 0.375. The fourth-order valence-corrected chi connectivity index (χ4v) is 4.45. The van der Waals surface area contributed by atoms with Crippen LogP contribution in [0.3, 0.4) is 0 Å². The maximum absolute atomic E-state index is 13.3.